The highest BCUT2D eigenvalue weighted by molar-refractivity contribution is 7.74. The number of benzene rings is 1. The Hall–Kier alpha value is -2.69. The van der Waals surface area contributed by atoms with Crippen LogP contribution in [0, 0.1) is 22.0 Å². The number of hydrogen-bond donors (Lipinski definition) is 3. The molecule has 0 saturated carbocycles. The van der Waals surface area contributed by atoms with Gasteiger partial charge in [0, 0.05) is 6.07 Å². The third kappa shape index (κ3) is 7.00. The number of para-hydroxylation sites is 2. The van der Waals surface area contributed by atoms with Crippen molar-refractivity contribution < 1.29 is 28.0 Å². The van der Waals surface area contributed by atoms with Gasteiger partial charge in [0.1, 0.15) is 17.8 Å². The van der Waals surface area contributed by atoms with Gasteiger partial charge in [-0.05, 0) is 30.7 Å². The summed E-state index contributed by atoms with van der Waals surface area (Å²) in [6, 6.07) is 2.67. The van der Waals surface area contributed by atoms with E-state index in [-0.39, 0.29) is 30.4 Å². The van der Waals surface area contributed by atoms with Crippen molar-refractivity contribution in [2.24, 2.45) is 11.8 Å². The summed E-state index contributed by atoms with van der Waals surface area (Å²) >= 11 is 0. The van der Waals surface area contributed by atoms with Gasteiger partial charge in [0.25, 0.3) is 5.69 Å². The van der Waals surface area contributed by atoms with Crippen molar-refractivity contribution in [2.75, 3.05) is 4.31 Å². The molecule has 1 aromatic carbocycles. The maximum absolute atomic E-state index is 12.9. The molecule has 1 aromatic rings. The Labute approximate surface area is 171 Å². The van der Waals surface area contributed by atoms with Crippen molar-refractivity contribution in [2.45, 2.75) is 52.6 Å². The van der Waals surface area contributed by atoms with Crippen LogP contribution in [0.1, 0.15) is 40.5 Å². The topological polar surface area (TPSA) is 147 Å². The number of rotatable bonds is 11. The number of amides is 1. The fraction of sp³-hybridized carbons (Fsp3) is 0.556. The number of hydrogen-bond acceptors (Lipinski definition) is 6. The molecular formula is C18H27N3O7S. The molecule has 11 heteroatoms. The van der Waals surface area contributed by atoms with Crippen LogP contribution in [0.25, 0.3) is 0 Å². The Balaban J connectivity index is 3.40. The Kier molecular flexibility index (Phi) is 9.02. The molecule has 0 spiro atoms. The van der Waals surface area contributed by atoms with Gasteiger partial charge in [-0.2, -0.15) is 0 Å². The summed E-state index contributed by atoms with van der Waals surface area (Å²) in [5.74, 6) is -2.22. The van der Waals surface area contributed by atoms with Gasteiger partial charge in [-0.15, -0.1) is 0 Å². The molecule has 0 unspecified atom stereocenters. The molecule has 10 nitrogen and oxygen atoms in total. The maximum atomic E-state index is 12.9. The number of aliphatic carboxylic acids is 1. The van der Waals surface area contributed by atoms with Crippen LogP contribution in [0.3, 0.4) is 0 Å². The number of nitro benzene ring substituents is 1. The lowest BCUT2D eigenvalue weighted by Gasteiger charge is -2.29. The van der Waals surface area contributed by atoms with E-state index >= 15 is 0 Å². The number of carboxylic acids is 1. The van der Waals surface area contributed by atoms with Crippen LogP contribution in [0.2, 0.25) is 0 Å². The molecule has 162 valence electrons. The summed E-state index contributed by atoms with van der Waals surface area (Å²) in [4.78, 5) is 35.0. The predicted molar refractivity (Wildman–Crippen MR) is 108 cm³/mol. The number of carboxylic acid groups (broad SMARTS) is 1. The first-order chi connectivity index (χ1) is 13.5. The zero-order valence-electron chi connectivity index (χ0n) is 16.8. The molecule has 1 amide bonds. The van der Waals surface area contributed by atoms with Crippen molar-refractivity contribution >= 4 is 34.1 Å². The van der Waals surface area contributed by atoms with Crippen LogP contribution in [-0.2, 0) is 20.5 Å². The zero-order valence-corrected chi connectivity index (χ0v) is 17.7. The number of carbonyl (C=O) groups is 2. The first kappa shape index (κ1) is 24.3. The lowest BCUT2D eigenvalue weighted by Crippen LogP contribution is -2.52. The van der Waals surface area contributed by atoms with E-state index in [4.69, 9.17) is 0 Å². The number of nitrogens with one attached hydrogen (secondary N) is 1. The second-order valence-corrected chi connectivity index (χ2v) is 8.41. The minimum absolute atomic E-state index is 0.0256. The molecule has 0 aliphatic heterocycles. The Morgan fingerprint density at radius 3 is 2.14 bits per heavy atom. The monoisotopic (exact) mass is 429 g/mol. The maximum Gasteiger partial charge on any atom is 0.326 e. The largest absolute Gasteiger partial charge is 0.480 e. The lowest BCUT2D eigenvalue weighted by atomic mass is 10.00. The molecule has 0 aliphatic rings. The van der Waals surface area contributed by atoms with E-state index in [0.717, 1.165) is 6.07 Å². The van der Waals surface area contributed by atoms with E-state index in [9.17, 15) is 33.2 Å². The number of carbonyl (C=O) groups excluding carboxylic acids is 1. The number of anilines is 1. The van der Waals surface area contributed by atoms with Crippen molar-refractivity contribution in [3.63, 3.8) is 0 Å². The second-order valence-electron chi connectivity index (χ2n) is 7.50. The third-order valence-corrected chi connectivity index (χ3v) is 4.96. The van der Waals surface area contributed by atoms with Gasteiger partial charge in [-0.25, -0.2) is 13.2 Å². The van der Waals surface area contributed by atoms with E-state index in [1.807, 2.05) is 0 Å². The lowest BCUT2D eigenvalue weighted by molar-refractivity contribution is -0.384. The van der Waals surface area contributed by atoms with Gasteiger partial charge in [-0.1, -0.05) is 39.8 Å². The summed E-state index contributed by atoms with van der Waals surface area (Å²) in [5, 5.41) is 23.1. The van der Waals surface area contributed by atoms with Gasteiger partial charge in [0.05, 0.1) is 4.92 Å². The van der Waals surface area contributed by atoms with Gasteiger partial charge in [-0.3, -0.25) is 19.2 Å². The molecule has 2 atom stereocenters. The molecule has 0 saturated heterocycles. The smallest absolute Gasteiger partial charge is 0.326 e. The van der Waals surface area contributed by atoms with E-state index in [1.54, 1.807) is 27.7 Å². The SMILES string of the molecule is CC(C)C[C@H](NC(=O)[C@H](CC(C)C)N(c1ccccc1[N+](=O)[O-])[SH](=O)=O)C(=O)O. The molecule has 2 N–H and O–H groups in total. The first-order valence-corrected chi connectivity index (χ1v) is 10.3. The highest BCUT2D eigenvalue weighted by atomic mass is 32.2. The van der Waals surface area contributed by atoms with Crippen molar-refractivity contribution in [1.29, 1.82) is 0 Å². The Morgan fingerprint density at radius 2 is 1.69 bits per heavy atom. The van der Waals surface area contributed by atoms with Crippen LogP contribution in [0.5, 0.6) is 0 Å². The van der Waals surface area contributed by atoms with Gasteiger partial charge < -0.3 is 10.4 Å². The average molecular weight is 429 g/mol. The average Bonchev–Trinajstić information content (AvgIpc) is 2.59. The van der Waals surface area contributed by atoms with E-state index in [1.165, 1.54) is 18.2 Å². The van der Waals surface area contributed by atoms with Crippen molar-refractivity contribution in [3.8, 4) is 0 Å². The molecule has 0 bridgehead atoms. The van der Waals surface area contributed by atoms with Crippen LogP contribution in [-0.4, -0.2) is 42.4 Å². The van der Waals surface area contributed by atoms with Crippen LogP contribution < -0.4 is 9.62 Å². The van der Waals surface area contributed by atoms with E-state index in [2.05, 4.69) is 5.32 Å². The minimum Gasteiger partial charge on any atom is -0.480 e. The minimum atomic E-state index is -3.42. The summed E-state index contributed by atoms with van der Waals surface area (Å²) in [7, 11) is -3.42. The number of nitro groups is 1. The highest BCUT2D eigenvalue weighted by Crippen LogP contribution is 2.31. The van der Waals surface area contributed by atoms with Gasteiger partial charge in [0.2, 0.25) is 16.8 Å². The first-order valence-electron chi connectivity index (χ1n) is 9.15. The molecule has 29 heavy (non-hydrogen) atoms. The standard InChI is InChI=1S/C18H27N3O7S/c1-11(2)9-13(18(23)24)19-17(22)16(10-12(3)4)20(29(27)28)14-7-5-6-8-15(14)21(25)26/h5-8,11-13,16,29H,9-10H2,1-4H3,(H,19,22)(H,23,24)/t13-,16-/m0/s1. The molecule has 0 radical (unpaired) electrons. The molecule has 1 rings (SSSR count). The van der Waals surface area contributed by atoms with Crippen LogP contribution in [0.15, 0.2) is 24.3 Å². The predicted octanol–water partition coefficient (Wildman–Crippen LogP) is 1.96. The molecule has 0 aliphatic carbocycles. The fourth-order valence-corrected chi connectivity index (χ4v) is 3.68. The van der Waals surface area contributed by atoms with Crippen LogP contribution in [0.4, 0.5) is 11.4 Å². The number of thiol groups is 1. The van der Waals surface area contributed by atoms with Crippen molar-refractivity contribution in [3.05, 3.63) is 34.4 Å². The summed E-state index contributed by atoms with van der Waals surface area (Å²) in [6.07, 6.45) is 0.208. The van der Waals surface area contributed by atoms with Crippen molar-refractivity contribution in [1.82, 2.24) is 5.32 Å². The Morgan fingerprint density at radius 1 is 1.14 bits per heavy atom. The van der Waals surface area contributed by atoms with Gasteiger partial charge >= 0.3 is 5.97 Å². The highest BCUT2D eigenvalue weighted by Gasteiger charge is 2.35. The van der Waals surface area contributed by atoms with Gasteiger partial charge in [0.15, 0.2) is 0 Å². The Bertz CT molecular complexity index is 815. The fourth-order valence-electron chi connectivity index (χ4n) is 2.91. The molecule has 0 aromatic heterocycles. The van der Waals surface area contributed by atoms with Crippen LogP contribution >= 0.6 is 0 Å². The molecule has 0 fully saturated rings. The molecule has 0 heterocycles. The molecular weight excluding hydrogens is 402 g/mol. The number of nitrogens with zero attached hydrogens (tertiary/aromatic N) is 2. The summed E-state index contributed by atoms with van der Waals surface area (Å²) in [5.41, 5.74) is -0.713. The quantitative estimate of drug-likeness (QED) is 0.277. The normalized spacial score (nSPS) is 13.3. The zero-order chi connectivity index (χ0) is 22.3. The summed E-state index contributed by atoms with van der Waals surface area (Å²) in [6.45, 7) is 7.11. The third-order valence-electron chi connectivity index (χ3n) is 4.12. The summed E-state index contributed by atoms with van der Waals surface area (Å²) < 4.78 is 24.8. The van der Waals surface area contributed by atoms with E-state index < -0.39 is 45.5 Å². The van der Waals surface area contributed by atoms with E-state index in [0.29, 0.717) is 4.31 Å². The second kappa shape index (κ2) is 10.7.